The van der Waals surface area contributed by atoms with Crippen LogP contribution in [0.25, 0.3) is 0 Å². The van der Waals surface area contributed by atoms with Gasteiger partial charge in [0.1, 0.15) is 0 Å². The quantitative estimate of drug-likeness (QED) is 0.615. The second-order valence-electron chi connectivity index (χ2n) is 4.16. The highest BCUT2D eigenvalue weighted by molar-refractivity contribution is 6.12. The number of amides is 1. The number of carbonyl (C=O) groups excluding carboxylic acids is 2. The van der Waals surface area contributed by atoms with Crippen LogP contribution >= 0.6 is 0 Å². The fourth-order valence-electron chi connectivity index (χ4n) is 1.62. The highest BCUT2D eigenvalue weighted by atomic mass is 16.5. The summed E-state index contributed by atoms with van der Waals surface area (Å²) in [4.78, 5) is 23.9. The zero-order chi connectivity index (χ0) is 14.3. The summed E-state index contributed by atoms with van der Waals surface area (Å²) in [6.45, 7) is 2.06. The zero-order valence-electron chi connectivity index (χ0n) is 10.9. The van der Waals surface area contributed by atoms with Crippen molar-refractivity contribution in [3.63, 3.8) is 0 Å². The molecule has 5 nitrogen and oxygen atoms in total. The predicted octanol–water partition coefficient (Wildman–Crippen LogP) is 1.16. The number of nitrogens with one attached hydrogen (secondary N) is 1. The van der Waals surface area contributed by atoms with E-state index in [4.69, 9.17) is 10.00 Å². The van der Waals surface area contributed by atoms with Crippen LogP contribution in [0.3, 0.4) is 0 Å². The Bertz CT molecular complexity index is 479. The first-order valence-corrected chi connectivity index (χ1v) is 5.88. The van der Waals surface area contributed by atoms with E-state index in [9.17, 15) is 9.59 Å². The molecular formula is C14H16N2O3. The first kappa shape index (κ1) is 14.9. The third kappa shape index (κ3) is 4.19. The van der Waals surface area contributed by atoms with Crippen LogP contribution in [0.15, 0.2) is 30.3 Å². The second kappa shape index (κ2) is 7.29. The van der Waals surface area contributed by atoms with E-state index in [1.54, 1.807) is 43.3 Å². The Kier molecular flexibility index (Phi) is 5.71. The lowest BCUT2D eigenvalue weighted by Gasteiger charge is -2.15. The van der Waals surface area contributed by atoms with Gasteiger partial charge in [0, 0.05) is 18.7 Å². The Balaban J connectivity index is 2.76. The van der Waals surface area contributed by atoms with E-state index in [1.165, 1.54) is 7.11 Å². The molecule has 100 valence electrons. The maximum atomic E-state index is 12.0. The summed E-state index contributed by atoms with van der Waals surface area (Å²) in [5.74, 6) is -2.42. The van der Waals surface area contributed by atoms with Gasteiger partial charge in [0.2, 0.25) is 5.91 Å². The standard InChI is InChI=1S/C14H16N2O3/c1-10(9-19-2)16-14(18)12(8-15)13(17)11-6-4-3-5-7-11/h3-7,10,12H,9H2,1-2H3,(H,16,18)/t10-,12+/m1/s1. The monoisotopic (exact) mass is 260 g/mol. The highest BCUT2D eigenvalue weighted by Crippen LogP contribution is 2.09. The van der Waals surface area contributed by atoms with Crippen LogP contribution in [0.4, 0.5) is 0 Å². The van der Waals surface area contributed by atoms with Crippen LogP contribution in [0.1, 0.15) is 17.3 Å². The number of nitriles is 1. The molecule has 1 rings (SSSR count). The number of benzene rings is 1. The van der Waals surface area contributed by atoms with Crippen molar-refractivity contribution < 1.29 is 14.3 Å². The molecule has 0 fully saturated rings. The normalized spacial score (nSPS) is 13.1. The van der Waals surface area contributed by atoms with Gasteiger partial charge < -0.3 is 10.1 Å². The number of methoxy groups -OCH3 is 1. The molecule has 1 aromatic rings. The number of nitrogens with zero attached hydrogens (tertiary/aromatic N) is 1. The predicted molar refractivity (Wildman–Crippen MR) is 69.4 cm³/mol. The molecule has 0 spiro atoms. The number of carbonyl (C=O) groups is 2. The summed E-state index contributed by atoms with van der Waals surface area (Å²) < 4.78 is 4.88. The molecular weight excluding hydrogens is 244 g/mol. The van der Waals surface area contributed by atoms with Crippen LogP contribution in [0.2, 0.25) is 0 Å². The number of Topliss-reactive ketones (excluding diaryl/α,β-unsaturated/α-hetero) is 1. The Morgan fingerprint density at radius 1 is 1.37 bits per heavy atom. The minimum Gasteiger partial charge on any atom is -0.383 e. The number of hydrogen-bond acceptors (Lipinski definition) is 4. The molecule has 0 aliphatic rings. The third-order valence-electron chi connectivity index (χ3n) is 2.52. The van der Waals surface area contributed by atoms with Gasteiger partial charge in [-0.3, -0.25) is 9.59 Å². The molecule has 1 amide bonds. The van der Waals surface area contributed by atoms with E-state index in [0.29, 0.717) is 12.2 Å². The molecule has 2 atom stereocenters. The number of hydrogen-bond donors (Lipinski definition) is 1. The van der Waals surface area contributed by atoms with Gasteiger partial charge >= 0.3 is 0 Å². The first-order valence-electron chi connectivity index (χ1n) is 5.88. The van der Waals surface area contributed by atoms with Crippen molar-refractivity contribution >= 4 is 11.7 Å². The van der Waals surface area contributed by atoms with Crippen LogP contribution in [0, 0.1) is 17.2 Å². The van der Waals surface area contributed by atoms with Crippen LogP contribution < -0.4 is 5.32 Å². The third-order valence-corrected chi connectivity index (χ3v) is 2.52. The van der Waals surface area contributed by atoms with Gasteiger partial charge in [-0.05, 0) is 6.92 Å². The highest BCUT2D eigenvalue weighted by Gasteiger charge is 2.28. The molecule has 5 heteroatoms. The molecule has 1 aromatic carbocycles. The molecule has 0 aliphatic heterocycles. The Labute approximate surface area is 112 Å². The minimum absolute atomic E-state index is 0.253. The lowest BCUT2D eigenvalue weighted by atomic mass is 9.98. The molecule has 0 bridgehead atoms. The molecule has 0 aliphatic carbocycles. The van der Waals surface area contributed by atoms with Gasteiger partial charge in [0.05, 0.1) is 12.7 Å². The molecule has 19 heavy (non-hydrogen) atoms. The lowest BCUT2D eigenvalue weighted by Crippen LogP contribution is -2.41. The lowest BCUT2D eigenvalue weighted by molar-refractivity contribution is -0.123. The molecule has 0 aromatic heterocycles. The first-order chi connectivity index (χ1) is 9.10. The summed E-state index contributed by atoms with van der Waals surface area (Å²) in [5.41, 5.74) is 0.351. The van der Waals surface area contributed by atoms with E-state index >= 15 is 0 Å². The summed E-state index contributed by atoms with van der Waals surface area (Å²) in [7, 11) is 1.51. The summed E-state index contributed by atoms with van der Waals surface area (Å²) in [6, 6.07) is 9.79. The molecule has 0 saturated heterocycles. The molecule has 0 radical (unpaired) electrons. The number of ketones is 1. The van der Waals surface area contributed by atoms with Crippen molar-refractivity contribution in [3.8, 4) is 6.07 Å². The summed E-state index contributed by atoms with van der Waals surface area (Å²) >= 11 is 0. The van der Waals surface area contributed by atoms with Crippen LogP contribution in [-0.4, -0.2) is 31.4 Å². The van der Waals surface area contributed by atoms with Crippen molar-refractivity contribution in [1.29, 1.82) is 5.26 Å². The SMILES string of the molecule is COC[C@@H](C)NC(=O)[C@@H](C#N)C(=O)c1ccccc1. The van der Waals surface area contributed by atoms with E-state index < -0.39 is 17.6 Å². The van der Waals surface area contributed by atoms with Gasteiger partial charge in [-0.1, -0.05) is 30.3 Å². The second-order valence-corrected chi connectivity index (χ2v) is 4.16. The van der Waals surface area contributed by atoms with Gasteiger partial charge in [-0.15, -0.1) is 0 Å². The topological polar surface area (TPSA) is 79.2 Å². The van der Waals surface area contributed by atoms with Gasteiger partial charge in [-0.2, -0.15) is 5.26 Å². The summed E-state index contributed by atoms with van der Waals surface area (Å²) in [5, 5.41) is 11.6. The van der Waals surface area contributed by atoms with E-state index in [-0.39, 0.29) is 6.04 Å². The Morgan fingerprint density at radius 3 is 2.53 bits per heavy atom. The smallest absolute Gasteiger partial charge is 0.245 e. The zero-order valence-corrected chi connectivity index (χ0v) is 10.9. The van der Waals surface area contributed by atoms with Crippen molar-refractivity contribution in [3.05, 3.63) is 35.9 Å². The van der Waals surface area contributed by atoms with Crippen LogP contribution in [0.5, 0.6) is 0 Å². The fraction of sp³-hybridized carbons (Fsp3) is 0.357. The number of ether oxygens (including phenoxy) is 1. The van der Waals surface area contributed by atoms with Crippen LogP contribution in [-0.2, 0) is 9.53 Å². The van der Waals surface area contributed by atoms with Gasteiger partial charge in [0.15, 0.2) is 11.7 Å². The van der Waals surface area contributed by atoms with Crippen molar-refractivity contribution in [2.24, 2.45) is 5.92 Å². The van der Waals surface area contributed by atoms with Crippen molar-refractivity contribution in [1.82, 2.24) is 5.32 Å². The van der Waals surface area contributed by atoms with E-state index in [2.05, 4.69) is 5.32 Å². The van der Waals surface area contributed by atoms with Gasteiger partial charge in [-0.25, -0.2) is 0 Å². The van der Waals surface area contributed by atoms with E-state index in [1.807, 2.05) is 0 Å². The maximum Gasteiger partial charge on any atom is 0.245 e. The average molecular weight is 260 g/mol. The number of rotatable bonds is 6. The summed E-state index contributed by atoms with van der Waals surface area (Å²) in [6.07, 6.45) is 0. The maximum absolute atomic E-state index is 12.0. The van der Waals surface area contributed by atoms with Crippen molar-refractivity contribution in [2.75, 3.05) is 13.7 Å². The van der Waals surface area contributed by atoms with Crippen molar-refractivity contribution in [2.45, 2.75) is 13.0 Å². The fourth-order valence-corrected chi connectivity index (χ4v) is 1.62. The molecule has 1 N–H and O–H groups in total. The minimum atomic E-state index is -1.33. The Morgan fingerprint density at radius 2 is 2.00 bits per heavy atom. The largest absolute Gasteiger partial charge is 0.383 e. The Hall–Kier alpha value is -2.19. The van der Waals surface area contributed by atoms with E-state index in [0.717, 1.165) is 0 Å². The average Bonchev–Trinajstić information content (AvgIpc) is 2.40. The van der Waals surface area contributed by atoms with Gasteiger partial charge in [0.25, 0.3) is 0 Å². The molecule has 0 unspecified atom stereocenters. The molecule has 0 saturated carbocycles. The molecule has 0 heterocycles.